The van der Waals surface area contributed by atoms with Gasteiger partial charge in [-0.3, -0.25) is 4.98 Å². The molecule has 0 bridgehead atoms. The van der Waals surface area contributed by atoms with Gasteiger partial charge in [0.25, 0.3) is 0 Å². The first-order valence-corrected chi connectivity index (χ1v) is 29.0. The molecule has 4 heterocycles. The molecule has 1 radical (unpaired) electrons. The third kappa shape index (κ3) is 8.59. The van der Waals surface area contributed by atoms with Crippen LogP contribution in [0.15, 0.2) is 144 Å². The van der Waals surface area contributed by atoms with Crippen molar-refractivity contribution in [1.29, 1.82) is 5.26 Å². The number of rotatable bonds is 7. The second-order valence-electron chi connectivity index (χ2n) is 18.0. The van der Waals surface area contributed by atoms with Gasteiger partial charge < -0.3 is 8.98 Å². The summed E-state index contributed by atoms with van der Waals surface area (Å²) in [6.45, 7) is 11.1. The molecular formula is C56H49GeIrN5O-2. The summed E-state index contributed by atoms with van der Waals surface area (Å²) in [5, 5.41) is 13.7. The largest absolute Gasteiger partial charge is 0 e. The zero-order chi connectivity index (χ0) is 44.0. The fraction of sp³-hybridized carbons (Fsp3) is 0.179. The number of para-hydroxylation sites is 2. The first-order chi connectivity index (χ1) is 30.4. The van der Waals surface area contributed by atoms with Crippen molar-refractivity contribution in [1.82, 2.24) is 19.5 Å². The average molecular weight is 1070 g/mol. The van der Waals surface area contributed by atoms with E-state index in [9.17, 15) is 5.26 Å². The van der Waals surface area contributed by atoms with Crippen LogP contribution in [0.3, 0.4) is 0 Å². The maximum atomic E-state index is 9.45. The molecule has 0 unspecified atom stereocenters. The van der Waals surface area contributed by atoms with Gasteiger partial charge in [-0.15, -0.1) is 18.2 Å². The summed E-state index contributed by atoms with van der Waals surface area (Å²) < 4.78 is 10.1. The van der Waals surface area contributed by atoms with Crippen LogP contribution in [0.1, 0.15) is 61.9 Å². The second kappa shape index (κ2) is 18.1. The quantitative estimate of drug-likeness (QED) is 0.117. The predicted octanol–water partition coefficient (Wildman–Crippen LogP) is 14.1. The van der Waals surface area contributed by atoms with Gasteiger partial charge in [0.15, 0.2) is 0 Å². The number of imidazole rings is 1. The zero-order valence-electron chi connectivity index (χ0n) is 37.4. The molecule has 0 N–H and O–H groups in total. The number of hydrogen-bond acceptors (Lipinski definition) is 5. The van der Waals surface area contributed by atoms with Gasteiger partial charge in [0.05, 0.1) is 22.4 Å². The molecule has 64 heavy (non-hydrogen) atoms. The van der Waals surface area contributed by atoms with Gasteiger partial charge in [0, 0.05) is 31.2 Å². The Balaban J connectivity index is 0.000000262. The van der Waals surface area contributed by atoms with Crippen molar-refractivity contribution < 1.29 is 24.5 Å². The smallest absolute Gasteiger partial charge is 0 e. The summed E-state index contributed by atoms with van der Waals surface area (Å²) in [5.74, 6) is 8.38. The standard InChI is InChI=1S/C41H31N4O.C15H18GeN.Ir/c1-24(2)34-21-29(28-17-16-26-10-5-6-11-27(26)20-28)22-35(25(3)4)38(34)45-37-15-8-7-14-36(37)44-40(45)33-13-9-12-31-32-19-18-30(23-42)43-41(32)46-39(31)33;1-12-5-7-13(8-6-12)15-10-9-14(11-17-15)16(2,3)4;/h5-12,14-22,24-25H,1-4H3;5-7,9-11H,1-4H3;/q2*-1;. The number of pyridine rings is 2. The third-order valence-corrected chi connectivity index (χ3v) is 16.0. The van der Waals surface area contributed by atoms with Gasteiger partial charge in [0.2, 0.25) is 5.71 Å². The molecule has 0 amide bonds. The Hall–Kier alpha value is -6.17. The number of aromatic nitrogens is 4. The first kappa shape index (κ1) is 44.4. The van der Waals surface area contributed by atoms with Crippen LogP contribution in [0.2, 0.25) is 17.3 Å². The van der Waals surface area contributed by atoms with Crippen molar-refractivity contribution >= 4 is 61.5 Å². The molecule has 0 aliphatic heterocycles. The maximum absolute atomic E-state index is 9.45. The fourth-order valence-corrected chi connectivity index (χ4v) is 10.5. The molecule has 0 fully saturated rings. The van der Waals surface area contributed by atoms with Crippen molar-refractivity contribution in [3.63, 3.8) is 0 Å². The summed E-state index contributed by atoms with van der Waals surface area (Å²) in [6.07, 6.45) is 2.04. The molecule has 6 aromatic carbocycles. The SMILES string of the molecule is CC(C)c1cc(-c2ccc3ccccc3c2)cc(C(C)C)c1-n1c(-c2[c-]ccc3c2oc2nc(C#N)ccc23)nc2ccccc21.Cc1c[c-]c(-c2cc[c]([Ge]([CH3])([CH3])[CH3])cn2)cc1.[Ir]. The van der Waals surface area contributed by atoms with Crippen LogP contribution < -0.4 is 4.40 Å². The van der Waals surface area contributed by atoms with Gasteiger partial charge in [-0.1, -0.05) is 87.2 Å². The monoisotopic (exact) mass is 1070 g/mol. The van der Waals surface area contributed by atoms with Crippen LogP contribution in [-0.2, 0) is 20.1 Å². The Morgan fingerprint density at radius 1 is 0.719 bits per heavy atom. The molecule has 0 atom stereocenters. The van der Waals surface area contributed by atoms with Crippen LogP contribution in [0.4, 0.5) is 0 Å². The maximum Gasteiger partial charge on any atom is 0 e. The van der Waals surface area contributed by atoms with Crippen LogP contribution in [-0.4, -0.2) is 32.8 Å². The summed E-state index contributed by atoms with van der Waals surface area (Å²) in [6, 6.07) is 55.2. The molecule has 0 saturated carbocycles. The van der Waals surface area contributed by atoms with Gasteiger partial charge in [-0.05, 0) is 87.3 Å². The molecule has 0 aliphatic carbocycles. The van der Waals surface area contributed by atoms with E-state index in [0.29, 0.717) is 17.0 Å². The predicted molar refractivity (Wildman–Crippen MR) is 262 cm³/mol. The number of furan rings is 1. The topological polar surface area (TPSA) is 80.5 Å². The van der Waals surface area contributed by atoms with Crippen molar-refractivity contribution in [2.24, 2.45) is 0 Å². The molecule has 10 rings (SSSR count). The molecule has 0 spiro atoms. The normalized spacial score (nSPS) is 11.6. The van der Waals surface area contributed by atoms with Gasteiger partial charge >= 0.3 is 106 Å². The Kier molecular flexibility index (Phi) is 12.6. The Labute approximate surface area is 391 Å². The van der Waals surface area contributed by atoms with E-state index in [4.69, 9.17) is 9.40 Å². The minimum Gasteiger partial charge on any atom is 0 e. The third-order valence-electron chi connectivity index (χ3n) is 11.8. The van der Waals surface area contributed by atoms with E-state index in [0.717, 1.165) is 50.1 Å². The number of aryl methyl sites for hydroxylation is 1. The van der Waals surface area contributed by atoms with Crippen LogP contribution in [0.25, 0.3) is 83.3 Å². The Morgan fingerprint density at radius 2 is 1.45 bits per heavy atom. The molecule has 0 aliphatic rings. The van der Waals surface area contributed by atoms with E-state index in [2.05, 4.69) is 182 Å². The fourth-order valence-electron chi connectivity index (χ4n) is 8.28. The van der Waals surface area contributed by atoms with Crippen molar-refractivity contribution in [2.75, 3.05) is 0 Å². The number of nitrogens with zero attached hydrogens (tertiary/aromatic N) is 5. The Morgan fingerprint density at radius 3 is 2.12 bits per heavy atom. The number of benzene rings is 6. The minimum atomic E-state index is -1.73. The second-order valence-corrected chi connectivity index (χ2v) is 28.6. The van der Waals surface area contributed by atoms with Gasteiger partial charge in [0.1, 0.15) is 11.8 Å². The molecule has 4 aromatic heterocycles. The van der Waals surface area contributed by atoms with Gasteiger partial charge in [-0.25, -0.2) is 4.98 Å². The van der Waals surface area contributed by atoms with E-state index in [1.807, 2.05) is 36.5 Å². The summed E-state index contributed by atoms with van der Waals surface area (Å²) in [7, 11) is 0. The molecule has 319 valence electrons. The van der Waals surface area contributed by atoms with Crippen LogP contribution >= 0.6 is 0 Å². The summed E-state index contributed by atoms with van der Waals surface area (Å²) in [4.78, 5) is 14.2. The van der Waals surface area contributed by atoms with Crippen LogP contribution in [0.5, 0.6) is 0 Å². The minimum absolute atomic E-state index is 0. The average Bonchev–Trinajstić information content (AvgIpc) is 3.87. The Bertz CT molecular complexity index is 3320. The van der Waals surface area contributed by atoms with Crippen molar-refractivity contribution in [2.45, 2.75) is 63.7 Å². The van der Waals surface area contributed by atoms with E-state index < -0.39 is 13.3 Å². The van der Waals surface area contributed by atoms with Crippen molar-refractivity contribution in [3.8, 4) is 45.5 Å². The molecule has 10 aromatic rings. The molecule has 6 nitrogen and oxygen atoms in total. The van der Waals surface area contributed by atoms with E-state index in [1.54, 1.807) is 6.07 Å². The van der Waals surface area contributed by atoms with E-state index >= 15 is 0 Å². The van der Waals surface area contributed by atoms with Crippen molar-refractivity contribution in [3.05, 3.63) is 174 Å². The summed E-state index contributed by atoms with van der Waals surface area (Å²) in [5.41, 5.74) is 13.4. The zero-order valence-corrected chi connectivity index (χ0v) is 41.9. The van der Waals surface area contributed by atoms with Gasteiger partial charge in [-0.2, -0.15) is 5.26 Å². The molecule has 8 heteroatoms. The first-order valence-electron chi connectivity index (χ1n) is 21.6. The molecular weight excluding hydrogens is 1020 g/mol. The molecule has 0 saturated heterocycles. The van der Waals surface area contributed by atoms with Crippen LogP contribution in [0, 0.1) is 30.4 Å². The van der Waals surface area contributed by atoms with E-state index in [-0.39, 0.29) is 31.9 Å². The summed E-state index contributed by atoms with van der Waals surface area (Å²) >= 11 is -1.73. The number of hydrogen-bond donors (Lipinski definition) is 0. The van der Waals surface area contributed by atoms with E-state index in [1.165, 1.54) is 43.0 Å². The number of fused-ring (bicyclic) bond motifs is 5. The number of nitriles is 1.